The van der Waals surface area contributed by atoms with E-state index in [2.05, 4.69) is 4.74 Å². The Kier molecular flexibility index (Phi) is 4.31. The van der Waals surface area contributed by atoms with Crippen LogP contribution >= 0.6 is 0 Å². The van der Waals surface area contributed by atoms with Crippen LogP contribution in [-0.4, -0.2) is 69.0 Å². The smallest absolute Gasteiger partial charge is 0.366 e. The van der Waals surface area contributed by atoms with Crippen LogP contribution in [0, 0.1) is 5.92 Å². The Bertz CT molecular complexity index is 321. The van der Waals surface area contributed by atoms with Gasteiger partial charge in [0.1, 0.15) is 6.10 Å². The Hall–Kier alpha value is -0.770. The van der Waals surface area contributed by atoms with Crippen LogP contribution in [0.2, 0.25) is 0 Å². The van der Waals surface area contributed by atoms with Crippen molar-refractivity contribution in [3.05, 3.63) is 0 Å². The maximum atomic E-state index is 11.4. The number of rotatable bonds is 3. The van der Waals surface area contributed by atoms with Gasteiger partial charge < -0.3 is 35.0 Å². The number of hydrogen-bond donors (Lipinski definition) is 5. The average molecular weight is 266 g/mol. The monoisotopic (exact) mass is 266 g/mol. The van der Waals surface area contributed by atoms with Crippen molar-refractivity contribution < 1.29 is 39.8 Å². The molecule has 0 aromatic heterocycles. The second-order valence-corrected chi connectivity index (χ2v) is 4.39. The largest absolute Gasteiger partial charge is 0.465 e. The lowest BCUT2D eigenvalue weighted by Crippen LogP contribution is -2.66. The quantitative estimate of drug-likeness (QED) is 0.348. The maximum absolute atomic E-state index is 11.4. The van der Waals surface area contributed by atoms with Crippen molar-refractivity contribution in [2.75, 3.05) is 13.7 Å². The fraction of sp³-hybridized carbons (Fsp3) is 0.900. The average Bonchev–Trinajstić information content (AvgIpc) is 2.33. The third kappa shape index (κ3) is 2.35. The third-order valence-corrected chi connectivity index (χ3v) is 3.20. The normalized spacial score (nSPS) is 42.4. The molecule has 1 saturated heterocycles. The Morgan fingerprint density at radius 2 is 2.11 bits per heavy atom. The zero-order chi connectivity index (χ0) is 14.1. The van der Waals surface area contributed by atoms with Gasteiger partial charge in [-0.1, -0.05) is 6.92 Å². The summed E-state index contributed by atoms with van der Waals surface area (Å²) >= 11 is 0. The van der Waals surface area contributed by atoms with Crippen molar-refractivity contribution in [3.8, 4) is 0 Å². The van der Waals surface area contributed by atoms with Crippen LogP contribution in [-0.2, 0) is 14.3 Å². The summed E-state index contributed by atoms with van der Waals surface area (Å²) in [5.41, 5.74) is 0. The highest BCUT2D eigenvalue weighted by atomic mass is 16.7. The van der Waals surface area contributed by atoms with Gasteiger partial charge in [-0.2, -0.15) is 0 Å². The molecule has 0 radical (unpaired) electrons. The molecule has 5 N–H and O–H groups in total. The lowest BCUT2D eigenvalue weighted by molar-refractivity contribution is -0.403. The topological polar surface area (TPSA) is 137 Å². The maximum Gasteiger partial charge on any atom is 0.366 e. The zero-order valence-corrected chi connectivity index (χ0v) is 10.1. The van der Waals surface area contributed by atoms with Gasteiger partial charge in [-0.05, 0) is 0 Å². The van der Waals surface area contributed by atoms with Crippen molar-refractivity contribution >= 4 is 5.97 Å². The van der Waals surface area contributed by atoms with E-state index in [1.807, 2.05) is 0 Å². The molecule has 1 heterocycles. The predicted molar refractivity (Wildman–Crippen MR) is 55.9 cm³/mol. The van der Waals surface area contributed by atoms with E-state index >= 15 is 0 Å². The van der Waals surface area contributed by atoms with Crippen molar-refractivity contribution in [2.45, 2.75) is 37.1 Å². The number of carbonyl (C=O) groups excluding carboxylic acids is 1. The number of carbonyl (C=O) groups is 1. The molecule has 0 aromatic carbocycles. The molecule has 5 atom stereocenters. The van der Waals surface area contributed by atoms with E-state index in [1.54, 1.807) is 0 Å². The summed E-state index contributed by atoms with van der Waals surface area (Å²) in [6, 6.07) is 0. The second kappa shape index (κ2) is 5.08. The minimum atomic E-state index is -2.58. The fourth-order valence-corrected chi connectivity index (χ4v) is 1.93. The summed E-state index contributed by atoms with van der Waals surface area (Å²) in [7, 11) is 0.996. The summed E-state index contributed by atoms with van der Waals surface area (Å²) < 4.78 is 9.12. The molecular formula is C10H18O8. The van der Waals surface area contributed by atoms with Crippen LogP contribution in [0.3, 0.4) is 0 Å². The van der Waals surface area contributed by atoms with Gasteiger partial charge in [0, 0.05) is 12.3 Å². The van der Waals surface area contributed by atoms with Gasteiger partial charge in [0.05, 0.1) is 19.8 Å². The first-order valence-corrected chi connectivity index (χ1v) is 5.41. The molecule has 1 aliphatic rings. The molecule has 0 saturated carbocycles. The van der Waals surface area contributed by atoms with Gasteiger partial charge in [-0.25, -0.2) is 4.79 Å². The van der Waals surface area contributed by atoms with Crippen LogP contribution < -0.4 is 0 Å². The Labute approximate surface area is 103 Å². The van der Waals surface area contributed by atoms with Crippen molar-refractivity contribution in [3.63, 3.8) is 0 Å². The van der Waals surface area contributed by atoms with E-state index in [-0.39, 0.29) is 0 Å². The molecule has 0 aliphatic carbocycles. The van der Waals surface area contributed by atoms with Gasteiger partial charge >= 0.3 is 5.97 Å². The van der Waals surface area contributed by atoms with Crippen molar-refractivity contribution in [1.82, 2.24) is 0 Å². The number of esters is 1. The molecule has 106 valence electrons. The molecule has 1 aliphatic heterocycles. The molecule has 8 heteroatoms. The summed E-state index contributed by atoms with van der Waals surface area (Å²) in [6.45, 7) is 0.477. The minimum Gasteiger partial charge on any atom is -0.465 e. The zero-order valence-electron chi connectivity index (χ0n) is 10.1. The summed E-state index contributed by atoms with van der Waals surface area (Å²) in [5.74, 6) is -7.28. The van der Waals surface area contributed by atoms with Crippen LogP contribution in [0.15, 0.2) is 0 Å². The molecule has 0 unspecified atom stereocenters. The number of hydrogen-bond acceptors (Lipinski definition) is 8. The molecule has 1 rings (SSSR count). The summed E-state index contributed by atoms with van der Waals surface area (Å²) in [5, 5.41) is 48.1. The summed E-state index contributed by atoms with van der Waals surface area (Å²) in [6.07, 6.45) is -3.63. The van der Waals surface area contributed by atoms with Crippen LogP contribution in [0.25, 0.3) is 0 Å². The molecule has 0 aromatic rings. The van der Waals surface area contributed by atoms with Crippen molar-refractivity contribution in [1.29, 1.82) is 0 Å². The number of aliphatic hydroxyl groups is 5. The van der Waals surface area contributed by atoms with E-state index in [1.165, 1.54) is 6.92 Å². The lowest BCUT2D eigenvalue weighted by atomic mass is 9.83. The first kappa shape index (κ1) is 15.3. The van der Waals surface area contributed by atoms with E-state index in [9.17, 15) is 25.2 Å². The molecule has 1 fully saturated rings. The van der Waals surface area contributed by atoms with E-state index in [4.69, 9.17) is 9.84 Å². The number of ether oxygens (including phenoxy) is 2. The first-order valence-electron chi connectivity index (χ1n) is 5.41. The van der Waals surface area contributed by atoms with Gasteiger partial charge in [0.2, 0.25) is 5.79 Å². The van der Waals surface area contributed by atoms with Crippen LogP contribution in [0.4, 0.5) is 0 Å². The van der Waals surface area contributed by atoms with Gasteiger partial charge in [0.15, 0.2) is 0 Å². The second-order valence-electron chi connectivity index (χ2n) is 4.39. The fourth-order valence-electron chi connectivity index (χ4n) is 1.93. The standard InChI is InChI=1S/C10H18O8/c1-5-6(12)3-9(15,8(14)17-2)18-10(5,16)7(13)4-11/h5-7,11-13,15-16H,3-4H2,1-2H3/t5-,6-,7-,9+,10+/m1/s1. The van der Waals surface area contributed by atoms with Gasteiger partial charge in [-0.15, -0.1) is 0 Å². The molecule has 0 bridgehead atoms. The number of methoxy groups -OCH3 is 1. The Balaban J connectivity index is 3.08. The van der Waals surface area contributed by atoms with Crippen LogP contribution in [0.5, 0.6) is 0 Å². The highest BCUT2D eigenvalue weighted by molar-refractivity contribution is 5.77. The van der Waals surface area contributed by atoms with Crippen molar-refractivity contribution in [2.24, 2.45) is 5.92 Å². The van der Waals surface area contributed by atoms with E-state index in [0.29, 0.717) is 0 Å². The van der Waals surface area contributed by atoms with E-state index < -0.39 is 48.7 Å². The molecule has 0 spiro atoms. The lowest BCUT2D eigenvalue weighted by Gasteiger charge is -2.48. The molecule has 8 nitrogen and oxygen atoms in total. The summed E-state index contributed by atoms with van der Waals surface area (Å²) in [4.78, 5) is 11.4. The third-order valence-electron chi connectivity index (χ3n) is 3.20. The molecule has 18 heavy (non-hydrogen) atoms. The first-order chi connectivity index (χ1) is 8.21. The Morgan fingerprint density at radius 1 is 1.56 bits per heavy atom. The van der Waals surface area contributed by atoms with E-state index in [0.717, 1.165) is 7.11 Å². The van der Waals surface area contributed by atoms with Gasteiger partial charge in [0.25, 0.3) is 5.79 Å². The SMILES string of the molecule is COC(=O)[C@]1(O)C[C@@H](O)[C@@H](C)[C@@](O)([C@H](O)CO)O1. The van der Waals surface area contributed by atoms with Crippen LogP contribution in [0.1, 0.15) is 13.3 Å². The predicted octanol–water partition coefficient (Wildman–Crippen LogP) is -2.69. The number of aliphatic hydroxyl groups excluding tert-OH is 3. The Morgan fingerprint density at radius 3 is 2.56 bits per heavy atom. The minimum absolute atomic E-state index is 0.513. The molecule has 0 amide bonds. The highest BCUT2D eigenvalue weighted by Crippen LogP contribution is 2.39. The van der Waals surface area contributed by atoms with Gasteiger partial charge in [-0.3, -0.25) is 0 Å². The molecular weight excluding hydrogens is 248 g/mol. The highest BCUT2D eigenvalue weighted by Gasteiger charge is 2.59.